The molecule has 0 spiro atoms. The molecule has 3 heterocycles. The second-order valence-electron chi connectivity index (χ2n) is 7.46. The van der Waals surface area contributed by atoms with E-state index >= 15 is 0 Å². The minimum atomic E-state index is -0.218. The van der Waals surface area contributed by atoms with Crippen molar-refractivity contribution < 1.29 is 14.6 Å². The van der Waals surface area contributed by atoms with Gasteiger partial charge in [0.1, 0.15) is 5.75 Å². The maximum absolute atomic E-state index is 13.0. The average molecular weight is 358 g/mol. The third-order valence-electron chi connectivity index (χ3n) is 5.52. The first-order chi connectivity index (χ1) is 12.6. The van der Waals surface area contributed by atoms with E-state index in [-0.39, 0.29) is 35.8 Å². The quantitative estimate of drug-likeness (QED) is 0.778. The van der Waals surface area contributed by atoms with Crippen molar-refractivity contribution in [3.8, 4) is 5.75 Å². The van der Waals surface area contributed by atoms with E-state index < -0.39 is 0 Å². The molecule has 2 fully saturated rings. The molecule has 7 nitrogen and oxygen atoms in total. The summed E-state index contributed by atoms with van der Waals surface area (Å²) in [5.41, 5.74) is 1.10. The molecule has 1 amide bonds. The van der Waals surface area contributed by atoms with Crippen molar-refractivity contribution in [2.45, 2.75) is 57.3 Å². The highest BCUT2D eigenvalue weighted by Gasteiger charge is 2.33. The molecule has 140 valence electrons. The van der Waals surface area contributed by atoms with Crippen LogP contribution in [0, 0.1) is 0 Å². The van der Waals surface area contributed by atoms with E-state index in [9.17, 15) is 9.90 Å². The molecular weight excluding hydrogens is 332 g/mol. The van der Waals surface area contributed by atoms with E-state index in [4.69, 9.17) is 4.74 Å². The predicted octanol–water partition coefficient (Wildman–Crippen LogP) is 1.96. The highest BCUT2D eigenvalue weighted by Crippen LogP contribution is 2.30. The smallest absolute Gasteiger partial charge is 0.272 e. The van der Waals surface area contributed by atoms with Gasteiger partial charge in [0.15, 0.2) is 5.69 Å². The Labute approximate surface area is 152 Å². The summed E-state index contributed by atoms with van der Waals surface area (Å²) in [7, 11) is 0. The lowest BCUT2D eigenvalue weighted by Crippen LogP contribution is -2.58. The van der Waals surface area contributed by atoms with Crippen molar-refractivity contribution in [1.82, 2.24) is 20.4 Å². The summed E-state index contributed by atoms with van der Waals surface area (Å²) >= 11 is 0. The number of phenols is 1. The fraction of sp³-hybridized carbons (Fsp3) is 0.579. The van der Waals surface area contributed by atoms with Crippen LogP contribution in [0.1, 0.15) is 49.6 Å². The van der Waals surface area contributed by atoms with Gasteiger partial charge in [0.25, 0.3) is 5.91 Å². The van der Waals surface area contributed by atoms with Crippen LogP contribution >= 0.6 is 0 Å². The van der Waals surface area contributed by atoms with Crippen LogP contribution in [0.4, 0.5) is 0 Å². The Morgan fingerprint density at radius 2 is 2.15 bits per heavy atom. The van der Waals surface area contributed by atoms with Gasteiger partial charge in [-0.3, -0.25) is 9.48 Å². The Bertz CT molecular complexity index is 806. The lowest BCUT2D eigenvalue weighted by Gasteiger charge is -2.40. The number of aromatic nitrogens is 2. The van der Waals surface area contributed by atoms with Crippen LogP contribution in [0.3, 0.4) is 0 Å². The van der Waals surface area contributed by atoms with Crippen LogP contribution in [0.5, 0.6) is 5.75 Å². The van der Waals surface area contributed by atoms with Gasteiger partial charge in [-0.15, -0.1) is 0 Å². The normalized spacial score (nSPS) is 26.6. The summed E-state index contributed by atoms with van der Waals surface area (Å²) in [5.74, 6) is -0.123. The number of hydrogen-bond donors (Lipinski definition) is 3. The molecule has 3 N–H and O–H groups in total. The largest absolute Gasteiger partial charge is 0.507 e. The van der Waals surface area contributed by atoms with Crippen LogP contribution in [0.2, 0.25) is 0 Å². The molecule has 0 unspecified atom stereocenters. The summed E-state index contributed by atoms with van der Waals surface area (Å²) in [5, 5.41) is 22.1. The number of carbonyl (C=O) groups excluding carboxylic acids is 1. The molecule has 4 atom stereocenters. The number of amides is 1. The molecule has 2 saturated heterocycles. The summed E-state index contributed by atoms with van der Waals surface area (Å²) in [6.45, 7) is 5.52. The Morgan fingerprint density at radius 1 is 1.42 bits per heavy atom. The van der Waals surface area contributed by atoms with Gasteiger partial charge in [-0.2, -0.15) is 5.10 Å². The molecule has 1 aromatic heterocycles. The molecule has 2 aliphatic heterocycles. The topological polar surface area (TPSA) is 88.4 Å². The van der Waals surface area contributed by atoms with Crippen molar-refractivity contribution >= 4 is 16.8 Å². The van der Waals surface area contributed by atoms with E-state index in [0.717, 1.165) is 24.8 Å². The second-order valence-corrected chi connectivity index (χ2v) is 7.46. The Morgan fingerprint density at radius 3 is 2.85 bits per heavy atom. The Kier molecular flexibility index (Phi) is 4.58. The van der Waals surface area contributed by atoms with Gasteiger partial charge in [-0.05, 0) is 38.3 Å². The first-order valence-corrected chi connectivity index (χ1v) is 9.41. The standard InChI is InChI=1S/C19H26N4O3/c1-3-11(2)23-15-5-4-6-16(24)17(15)18(22-23)19(25)21-12-7-13-9-26-10-14(8-12)20-13/h4-6,11-14,20,24H,3,7-10H2,1-2H3,(H,21,25)/t11-,12-,13-,14+/m0/s1. The summed E-state index contributed by atoms with van der Waals surface area (Å²) in [6, 6.07) is 6.11. The molecule has 1 aromatic carbocycles. The molecule has 2 aliphatic rings. The molecule has 2 aromatic rings. The average Bonchev–Trinajstić information content (AvgIpc) is 3.02. The summed E-state index contributed by atoms with van der Waals surface area (Å²) in [4.78, 5) is 13.0. The monoisotopic (exact) mass is 358 g/mol. The lowest BCUT2D eigenvalue weighted by molar-refractivity contribution is 0.0148. The van der Waals surface area contributed by atoms with Gasteiger partial charge in [-0.1, -0.05) is 13.0 Å². The van der Waals surface area contributed by atoms with Crippen LogP contribution in [0.15, 0.2) is 18.2 Å². The zero-order valence-corrected chi connectivity index (χ0v) is 15.2. The minimum Gasteiger partial charge on any atom is -0.507 e. The number of piperidine rings is 1. The number of hydrogen-bond acceptors (Lipinski definition) is 5. The Balaban J connectivity index is 1.62. The highest BCUT2D eigenvalue weighted by atomic mass is 16.5. The van der Waals surface area contributed by atoms with Gasteiger partial charge in [0.2, 0.25) is 0 Å². The van der Waals surface area contributed by atoms with Crippen LogP contribution < -0.4 is 10.6 Å². The van der Waals surface area contributed by atoms with Crippen LogP contribution in [-0.4, -0.2) is 52.1 Å². The molecule has 4 rings (SSSR count). The van der Waals surface area contributed by atoms with E-state index in [1.165, 1.54) is 0 Å². The van der Waals surface area contributed by atoms with E-state index in [1.807, 2.05) is 10.7 Å². The number of benzene rings is 1. The van der Waals surface area contributed by atoms with Crippen molar-refractivity contribution in [1.29, 1.82) is 0 Å². The van der Waals surface area contributed by atoms with Crippen molar-refractivity contribution in [3.05, 3.63) is 23.9 Å². The second kappa shape index (κ2) is 6.89. The number of nitrogens with zero attached hydrogens (tertiary/aromatic N) is 2. The van der Waals surface area contributed by atoms with Crippen LogP contribution in [0.25, 0.3) is 10.9 Å². The van der Waals surface area contributed by atoms with Crippen molar-refractivity contribution in [3.63, 3.8) is 0 Å². The zero-order valence-electron chi connectivity index (χ0n) is 15.2. The third kappa shape index (κ3) is 3.05. The molecular formula is C19H26N4O3. The number of ether oxygens (including phenoxy) is 1. The van der Waals surface area contributed by atoms with Gasteiger partial charge in [0, 0.05) is 24.2 Å². The molecule has 0 saturated carbocycles. The zero-order chi connectivity index (χ0) is 18.3. The minimum absolute atomic E-state index is 0.0947. The molecule has 26 heavy (non-hydrogen) atoms. The lowest BCUT2D eigenvalue weighted by atomic mass is 9.92. The Hall–Kier alpha value is -2.12. The number of aromatic hydroxyl groups is 1. The number of morpholine rings is 1. The number of carbonyl (C=O) groups is 1. The van der Waals surface area contributed by atoms with Crippen molar-refractivity contribution in [2.24, 2.45) is 0 Å². The molecule has 0 aliphatic carbocycles. The van der Waals surface area contributed by atoms with E-state index in [1.54, 1.807) is 12.1 Å². The van der Waals surface area contributed by atoms with Gasteiger partial charge >= 0.3 is 0 Å². The van der Waals surface area contributed by atoms with E-state index in [2.05, 4.69) is 29.6 Å². The highest BCUT2D eigenvalue weighted by molar-refractivity contribution is 6.07. The molecule has 7 heteroatoms. The molecule has 0 radical (unpaired) electrons. The summed E-state index contributed by atoms with van der Waals surface area (Å²) in [6.07, 6.45) is 2.58. The third-order valence-corrected chi connectivity index (χ3v) is 5.52. The number of phenolic OH excluding ortho intramolecular Hbond substituents is 1. The molecule has 2 bridgehead atoms. The van der Waals surface area contributed by atoms with Crippen molar-refractivity contribution in [2.75, 3.05) is 13.2 Å². The fourth-order valence-electron chi connectivity index (χ4n) is 4.05. The van der Waals surface area contributed by atoms with Gasteiger partial charge < -0.3 is 20.5 Å². The first-order valence-electron chi connectivity index (χ1n) is 9.41. The summed E-state index contributed by atoms with van der Waals surface area (Å²) < 4.78 is 7.41. The maximum atomic E-state index is 13.0. The maximum Gasteiger partial charge on any atom is 0.272 e. The van der Waals surface area contributed by atoms with Crippen LogP contribution in [-0.2, 0) is 4.74 Å². The first kappa shape index (κ1) is 17.3. The number of fused-ring (bicyclic) bond motifs is 3. The fourth-order valence-corrected chi connectivity index (χ4v) is 4.05. The van der Waals surface area contributed by atoms with E-state index in [0.29, 0.717) is 24.3 Å². The number of nitrogens with one attached hydrogen (secondary N) is 2. The SMILES string of the molecule is CC[C@H](C)n1nc(C(=O)N[C@H]2C[C@H]3COC[C@@H](C2)N3)c2c(O)cccc21. The van der Waals surface area contributed by atoms with Gasteiger partial charge in [-0.25, -0.2) is 0 Å². The number of rotatable bonds is 4. The van der Waals surface area contributed by atoms with Gasteiger partial charge in [0.05, 0.1) is 24.1 Å². The predicted molar refractivity (Wildman–Crippen MR) is 98.4 cm³/mol.